The van der Waals surface area contributed by atoms with E-state index >= 15 is 0 Å². The van der Waals surface area contributed by atoms with E-state index in [0.717, 1.165) is 6.07 Å². The fourth-order valence-electron chi connectivity index (χ4n) is 1.65. The topological polar surface area (TPSA) is 50.1 Å². The lowest BCUT2D eigenvalue weighted by atomic mass is 10.0. The van der Waals surface area contributed by atoms with Crippen LogP contribution in [-0.4, -0.2) is 18.1 Å². The summed E-state index contributed by atoms with van der Waals surface area (Å²) in [5.74, 6) is -0.837. The molecule has 0 aliphatic heterocycles. The average Bonchev–Trinajstić information content (AvgIpc) is 2.38. The Morgan fingerprint density at radius 2 is 2.05 bits per heavy atom. The van der Waals surface area contributed by atoms with Gasteiger partial charge in [0.1, 0.15) is 0 Å². The minimum Gasteiger partial charge on any atom is -0.466 e. The first-order valence-electron chi connectivity index (χ1n) is 5.94. The molecule has 1 rings (SSSR count). The van der Waals surface area contributed by atoms with Gasteiger partial charge in [0.15, 0.2) is 0 Å². The molecule has 9 heteroatoms. The summed E-state index contributed by atoms with van der Waals surface area (Å²) in [6.45, 7) is 1.52. The fourth-order valence-corrected chi connectivity index (χ4v) is 2.33. The van der Waals surface area contributed by atoms with Crippen LogP contribution in [0.1, 0.15) is 30.0 Å². The van der Waals surface area contributed by atoms with E-state index in [0.29, 0.717) is 6.07 Å². The summed E-state index contributed by atoms with van der Waals surface area (Å²) >= 11 is -0.566. The Balaban J connectivity index is 3.32. The molecule has 0 aromatic heterocycles. The third-order valence-electron chi connectivity index (χ3n) is 2.45. The maximum absolute atomic E-state index is 12.9. The van der Waals surface area contributed by atoms with Crippen molar-refractivity contribution >= 4 is 17.7 Å². The van der Waals surface area contributed by atoms with Crippen molar-refractivity contribution in [2.24, 2.45) is 0 Å². The number of alkyl halides is 5. The number of nitrogens with zero attached hydrogens (tertiary/aromatic N) is 1. The first kappa shape index (κ1) is 18.2. The number of thioether (sulfide) groups is 1. The Labute approximate surface area is 127 Å². The van der Waals surface area contributed by atoms with Crippen molar-refractivity contribution < 1.29 is 31.5 Å². The van der Waals surface area contributed by atoms with E-state index in [2.05, 4.69) is 4.74 Å². The second-order valence-corrected chi connectivity index (χ2v) is 5.10. The second kappa shape index (κ2) is 7.45. The minimum atomic E-state index is -4.68. The standard InChI is InChI=1S/C13H10F5NO2S/c1-2-21-11(20)5-7-3-9(12(14)15)8(6-19)4-10(7)22-13(16,17)18/h3-4,12H,2,5H2,1H3. The molecule has 0 aliphatic rings. The predicted molar refractivity (Wildman–Crippen MR) is 68.4 cm³/mol. The van der Waals surface area contributed by atoms with E-state index in [1.54, 1.807) is 0 Å². The van der Waals surface area contributed by atoms with Gasteiger partial charge in [-0.2, -0.15) is 18.4 Å². The SMILES string of the molecule is CCOC(=O)Cc1cc(C(F)F)c(C#N)cc1SC(F)(F)F. The Hall–Kier alpha value is -1.82. The molecule has 0 heterocycles. The number of hydrogen-bond acceptors (Lipinski definition) is 4. The molecule has 0 radical (unpaired) electrons. The molecule has 1 aromatic carbocycles. The van der Waals surface area contributed by atoms with Crippen LogP contribution in [0.15, 0.2) is 17.0 Å². The van der Waals surface area contributed by atoms with Gasteiger partial charge in [-0.1, -0.05) is 0 Å². The quantitative estimate of drug-likeness (QED) is 0.458. The summed E-state index contributed by atoms with van der Waals surface area (Å²) in [6.07, 6.45) is -3.63. The summed E-state index contributed by atoms with van der Waals surface area (Å²) in [7, 11) is 0. The normalized spacial score (nSPS) is 11.4. The van der Waals surface area contributed by atoms with Crippen molar-refractivity contribution in [3.05, 3.63) is 28.8 Å². The maximum atomic E-state index is 12.9. The molecular weight excluding hydrogens is 329 g/mol. The van der Waals surface area contributed by atoms with Gasteiger partial charge in [0, 0.05) is 10.5 Å². The molecule has 0 unspecified atom stereocenters. The highest BCUT2D eigenvalue weighted by atomic mass is 32.2. The number of hydrogen-bond donors (Lipinski definition) is 0. The summed E-state index contributed by atoms with van der Waals surface area (Å²) in [5.41, 5.74) is -6.21. The molecule has 0 bridgehead atoms. The van der Waals surface area contributed by atoms with Crippen LogP contribution in [0.5, 0.6) is 0 Å². The van der Waals surface area contributed by atoms with Gasteiger partial charge in [-0.25, -0.2) is 8.78 Å². The van der Waals surface area contributed by atoms with Crippen molar-refractivity contribution in [3.63, 3.8) is 0 Å². The zero-order valence-electron chi connectivity index (χ0n) is 11.2. The predicted octanol–water partition coefficient (Wildman–Crippen LogP) is 4.21. The van der Waals surface area contributed by atoms with E-state index in [1.165, 1.54) is 13.0 Å². The van der Waals surface area contributed by atoms with Crippen molar-refractivity contribution in [1.29, 1.82) is 5.26 Å². The maximum Gasteiger partial charge on any atom is 0.446 e. The van der Waals surface area contributed by atoms with Crippen molar-refractivity contribution in [1.82, 2.24) is 0 Å². The van der Waals surface area contributed by atoms with Crippen LogP contribution in [0.4, 0.5) is 22.0 Å². The van der Waals surface area contributed by atoms with Crippen LogP contribution in [-0.2, 0) is 16.0 Å². The Morgan fingerprint density at radius 3 is 2.50 bits per heavy atom. The lowest BCUT2D eigenvalue weighted by Gasteiger charge is -2.14. The van der Waals surface area contributed by atoms with Gasteiger partial charge >= 0.3 is 11.5 Å². The van der Waals surface area contributed by atoms with Gasteiger partial charge in [0.2, 0.25) is 0 Å². The number of nitriles is 1. The largest absolute Gasteiger partial charge is 0.466 e. The smallest absolute Gasteiger partial charge is 0.446 e. The van der Waals surface area contributed by atoms with Gasteiger partial charge in [-0.3, -0.25) is 4.79 Å². The van der Waals surface area contributed by atoms with Gasteiger partial charge in [0.25, 0.3) is 6.43 Å². The fraction of sp³-hybridized carbons (Fsp3) is 0.385. The first-order valence-corrected chi connectivity index (χ1v) is 6.76. The van der Waals surface area contributed by atoms with Crippen LogP contribution < -0.4 is 0 Å². The molecule has 0 saturated heterocycles. The van der Waals surface area contributed by atoms with Crippen LogP contribution in [0, 0.1) is 11.3 Å². The number of carbonyl (C=O) groups is 1. The zero-order chi connectivity index (χ0) is 16.9. The van der Waals surface area contributed by atoms with Crippen molar-refractivity contribution in [2.75, 3.05) is 6.61 Å². The molecule has 3 nitrogen and oxygen atoms in total. The summed E-state index contributed by atoms with van der Waals surface area (Å²) < 4.78 is 67.9. The zero-order valence-corrected chi connectivity index (χ0v) is 12.0. The summed E-state index contributed by atoms with van der Waals surface area (Å²) in [6, 6.07) is 2.89. The number of halogens is 5. The van der Waals surface area contributed by atoms with E-state index in [1.807, 2.05) is 0 Å². The molecule has 0 fully saturated rings. The van der Waals surface area contributed by atoms with Crippen LogP contribution in [0.3, 0.4) is 0 Å². The number of esters is 1. The van der Waals surface area contributed by atoms with Gasteiger partial charge in [-0.15, -0.1) is 0 Å². The third kappa shape index (κ3) is 5.18. The monoisotopic (exact) mass is 339 g/mol. The summed E-state index contributed by atoms with van der Waals surface area (Å²) in [5, 5.41) is 8.78. The van der Waals surface area contributed by atoms with E-state index in [-0.39, 0.29) is 12.2 Å². The highest BCUT2D eigenvalue weighted by Gasteiger charge is 2.32. The molecule has 0 saturated carbocycles. The van der Waals surface area contributed by atoms with Crippen LogP contribution in [0.2, 0.25) is 0 Å². The van der Waals surface area contributed by atoms with E-state index in [9.17, 15) is 26.7 Å². The number of benzene rings is 1. The van der Waals surface area contributed by atoms with Crippen LogP contribution >= 0.6 is 11.8 Å². The molecule has 0 atom stereocenters. The molecule has 0 N–H and O–H groups in total. The molecule has 22 heavy (non-hydrogen) atoms. The molecule has 0 spiro atoms. The Bertz CT molecular complexity index is 595. The van der Waals surface area contributed by atoms with Gasteiger partial charge in [0.05, 0.1) is 24.7 Å². The van der Waals surface area contributed by atoms with Gasteiger partial charge in [-0.05, 0) is 36.4 Å². The van der Waals surface area contributed by atoms with Crippen molar-refractivity contribution in [2.45, 2.75) is 30.2 Å². The van der Waals surface area contributed by atoms with Crippen molar-refractivity contribution in [3.8, 4) is 6.07 Å². The molecule has 1 aromatic rings. The third-order valence-corrected chi connectivity index (χ3v) is 3.29. The Morgan fingerprint density at radius 1 is 1.41 bits per heavy atom. The first-order chi connectivity index (χ1) is 10.2. The Kier molecular flexibility index (Phi) is 6.17. The number of ether oxygens (including phenoxy) is 1. The highest BCUT2D eigenvalue weighted by molar-refractivity contribution is 8.00. The number of carbonyl (C=O) groups excluding carboxylic acids is 1. The molecular formula is C13H10F5NO2S. The minimum absolute atomic E-state index is 0.0125. The molecule has 0 aliphatic carbocycles. The van der Waals surface area contributed by atoms with Crippen LogP contribution in [0.25, 0.3) is 0 Å². The number of rotatable bonds is 5. The summed E-state index contributed by atoms with van der Waals surface area (Å²) in [4.78, 5) is 10.9. The second-order valence-electron chi connectivity index (χ2n) is 3.99. The molecule has 0 amide bonds. The lowest BCUT2D eigenvalue weighted by Crippen LogP contribution is -2.10. The highest BCUT2D eigenvalue weighted by Crippen LogP contribution is 2.40. The average molecular weight is 339 g/mol. The van der Waals surface area contributed by atoms with Gasteiger partial charge < -0.3 is 4.74 Å². The van der Waals surface area contributed by atoms with E-state index in [4.69, 9.17) is 5.26 Å². The lowest BCUT2D eigenvalue weighted by molar-refractivity contribution is -0.142. The molecule has 120 valence electrons. The van der Waals surface area contributed by atoms with E-state index < -0.39 is 52.1 Å².